The molecular weight excluding hydrogens is 312 g/mol. The standard InChI is InChI=1S/C14H19BrO4/c1-4-5-6-7-12(16)11-8-10(15)9-14(18-2,19-3)13(11)17/h4,8-9,12,16H,1,5-7H2,2-3H3. The predicted octanol–water partition coefficient (Wildman–Crippen LogP) is 2.48. The number of hydrogen-bond acceptors (Lipinski definition) is 4. The number of ketones is 1. The van der Waals surface area contributed by atoms with Gasteiger partial charge in [0.25, 0.3) is 5.79 Å². The molecule has 0 aliphatic heterocycles. The fourth-order valence-corrected chi connectivity index (χ4v) is 2.50. The maximum atomic E-state index is 12.4. The van der Waals surface area contributed by atoms with Crippen LogP contribution < -0.4 is 0 Å². The topological polar surface area (TPSA) is 55.8 Å². The summed E-state index contributed by atoms with van der Waals surface area (Å²) in [6.45, 7) is 3.63. The van der Waals surface area contributed by atoms with Gasteiger partial charge >= 0.3 is 0 Å². The number of ether oxygens (including phenoxy) is 2. The number of halogens is 1. The minimum Gasteiger partial charge on any atom is -0.388 e. The second kappa shape index (κ2) is 7.14. The van der Waals surface area contributed by atoms with Gasteiger partial charge in [-0.25, -0.2) is 0 Å². The number of allylic oxidation sites excluding steroid dienone is 3. The van der Waals surface area contributed by atoms with Crippen LogP contribution in [0.4, 0.5) is 0 Å². The highest BCUT2D eigenvalue weighted by atomic mass is 79.9. The van der Waals surface area contributed by atoms with Crippen molar-refractivity contribution in [2.24, 2.45) is 0 Å². The van der Waals surface area contributed by atoms with Gasteiger partial charge in [0, 0.05) is 24.3 Å². The van der Waals surface area contributed by atoms with Crippen LogP contribution in [0.25, 0.3) is 0 Å². The van der Waals surface area contributed by atoms with Crippen molar-refractivity contribution in [1.82, 2.24) is 0 Å². The first-order valence-corrected chi connectivity index (χ1v) is 6.84. The molecule has 1 aliphatic carbocycles. The maximum Gasteiger partial charge on any atom is 0.254 e. The summed E-state index contributed by atoms with van der Waals surface area (Å²) in [5, 5.41) is 10.1. The third-order valence-corrected chi connectivity index (χ3v) is 3.51. The van der Waals surface area contributed by atoms with Crippen molar-refractivity contribution in [3.63, 3.8) is 0 Å². The number of carbonyl (C=O) groups excluding carboxylic acids is 1. The van der Waals surface area contributed by atoms with Gasteiger partial charge in [-0.2, -0.15) is 0 Å². The summed E-state index contributed by atoms with van der Waals surface area (Å²) < 4.78 is 11.0. The highest BCUT2D eigenvalue weighted by Gasteiger charge is 2.42. The minimum atomic E-state index is -1.46. The first-order valence-electron chi connectivity index (χ1n) is 6.04. The molecule has 0 spiro atoms. The van der Waals surface area contributed by atoms with Gasteiger partial charge in [-0.05, 0) is 31.4 Å². The van der Waals surface area contributed by atoms with Gasteiger partial charge < -0.3 is 14.6 Å². The van der Waals surface area contributed by atoms with Gasteiger partial charge in [0.2, 0.25) is 5.78 Å². The molecule has 0 aromatic heterocycles. The van der Waals surface area contributed by atoms with Crippen molar-refractivity contribution in [3.8, 4) is 0 Å². The van der Waals surface area contributed by atoms with Crippen LogP contribution in [-0.4, -0.2) is 37.0 Å². The Morgan fingerprint density at radius 1 is 1.53 bits per heavy atom. The molecule has 0 heterocycles. The van der Waals surface area contributed by atoms with Crippen molar-refractivity contribution in [3.05, 3.63) is 34.9 Å². The van der Waals surface area contributed by atoms with Crippen molar-refractivity contribution in [2.45, 2.75) is 31.2 Å². The molecule has 1 N–H and O–H groups in total. The van der Waals surface area contributed by atoms with Gasteiger partial charge in [-0.15, -0.1) is 6.58 Å². The van der Waals surface area contributed by atoms with Crippen LogP contribution in [0.2, 0.25) is 0 Å². The smallest absolute Gasteiger partial charge is 0.254 e. The number of rotatable bonds is 7. The molecule has 5 heteroatoms. The van der Waals surface area contributed by atoms with E-state index >= 15 is 0 Å². The Morgan fingerprint density at radius 2 is 2.16 bits per heavy atom. The molecule has 1 unspecified atom stereocenters. The van der Waals surface area contributed by atoms with Gasteiger partial charge in [-0.1, -0.05) is 22.0 Å². The molecule has 0 saturated carbocycles. The largest absolute Gasteiger partial charge is 0.388 e. The van der Waals surface area contributed by atoms with Crippen LogP contribution in [-0.2, 0) is 14.3 Å². The van der Waals surface area contributed by atoms with Gasteiger partial charge in [0.15, 0.2) is 0 Å². The lowest BCUT2D eigenvalue weighted by molar-refractivity contribution is -0.183. The Kier molecular flexibility index (Phi) is 6.13. The Bertz CT molecular complexity index is 408. The molecule has 1 atom stereocenters. The number of aliphatic hydroxyl groups excluding tert-OH is 1. The number of methoxy groups -OCH3 is 2. The Morgan fingerprint density at radius 3 is 2.68 bits per heavy atom. The zero-order valence-corrected chi connectivity index (χ0v) is 12.8. The van der Waals surface area contributed by atoms with Crippen LogP contribution >= 0.6 is 15.9 Å². The van der Waals surface area contributed by atoms with Crippen molar-refractivity contribution in [1.29, 1.82) is 0 Å². The van der Waals surface area contributed by atoms with Crippen LogP contribution in [0.15, 0.2) is 34.9 Å². The summed E-state index contributed by atoms with van der Waals surface area (Å²) >= 11 is 3.31. The number of carbonyl (C=O) groups is 1. The number of unbranched alkanes of at least 4 members (excludes halogenated alkanes) is 1. The van der Waals surface area contributed by atoms with E-state index in [0.717, 1.165) is 12.8 Å². The molecule has 1 aliphatic rings. The lowest BCUT2D eigenvalue weighted by Gasteiger charge is -2.31. The van der Waals surface area contributed by atoms with E-state index in [1.165, 1.54) is 20.3 Å². The molecule has 0 aromatic carbocycles. The van der Waals surface area contributed by atoms with E-state index < -0.39 is 11.9 Å². The van der Waals surface area contributed by atoms with E-state index in [1.807, 2.05) is 0 Å². The molecule has 0 saturated heterocycles. The summed E-state index contributed by atoms with van der Waals surface area (Å²) in [5.74, 6) is -1.82. The van der Waals surface area contributed by atoms with Crippen LogP contribution in [0, 0.1) is 0 Å². The average molecular weight is 331 g/mol. The van der Waals surface area contributed by atoms with Gasteiger partial charge in [0.1, 0.15) is 0 Å². The highest BCUT2D eigenvalue weighted by molar-refractivity contribution is 9.11. The predicted molar refractivity (Wildman–Crippen MR) is 76.9 cm³/mol. The summed E-state index contributed by atoms with van der Waals surface area (Å²) in [7, 11) is 2.79. The van der Waals surface area contributed by atoms with Crippen LogP contribution in [0.3, 0.4) is 0 Å². The quantitative estimate of drug-likeness (QED) is 0.442. The molecule has 1 rings (SSSR count). The summed E-state index contributed by atoms with van der Waals surface area (Å²) in [5.41, 5.74) is 0.294. The third kappa shape index (κ3) is 3.63. The average Bonchev–Trinajstić information content (AvgIpc) is 2.41. The second-order valence-electron chi connectivity index (χ2n) is 4.27. The third-order valence-electron chi connectivity index (χ3n) is 3.05. The van der Waals surface area contributed by atoms with Crippen molar-refractivity contribution in [2.75, 3.05) is 14.2 Å². The molecule has 106 valence electrons. The van der Waals surface area contributed by atoms with E-state index in [0.29, 0.717) is 16.5 Å². The van der Waals surface area contributed by atoms with E-state index in [1.54, 1.807) is 12.2 Å². The van der Waals surface area contributed by atoms with E-state index in [9.17, 15) is 9.90 Å². The lowest BCUT2D eigenvalue weighted by Crippen LogP contribution is -2.45. The minimum absolute atomic E-state index is 0.294. The molecule has 0 aromatic rings. The molecule has 4 nitrogen and oxygen atoms in total. The van der Waals surface area contributed by atoms with E-state index in [-0.39, 0.29) is 5.78 Å². The number of Topliss-reactive ketones (excluding diaryl/α,β-unsaturated/α-hetero) is 1. The van der Waals surface area contributed by atoms with Crippen molar-refractivity contribution < 1.29 is 19.4 Å². The molecular formula is C14H19BrO4. The fraction of sp³-hybridized carbons (Fsp3) is 0.500. The SMILES string of the molecule is C=CCCCC(O)C1=CC(Br)=CC(OC)(OC)C1=O. The molecule has 0 radical (unpaired) electrons. The number of aliphatic hydroxyl groups is 1. The normalized spacial score (nSPS) is 19.7. The monoisotopic (exact) mass is 330 g/mol. The van der Waals surface area contributed by atoms with E-state index in [4.69, 9.17) is 9.47 Å². The molecule has 19 heavy (non-hydrogen) atoms. The first-order chi connectivity index (χ1) is 9.00. The Labute approximate surface area is 121 Å². The van der Waals surface area contributed by atoms with Gasteiger partial charge in [0.05, 0.1) is 6.10 Å². The van der Waals surface area contributed by atoms with E-state index in [2.05, 4.69) is 22.5 Å². The zero-order chi connectivity index (χ0) is 14.5. The summed E-state index contributed by atoms with van der Waals surface area (Å²) in [4.78, 5) is 12.4. The molecule has 0 amide bonds. The first kappa shape index (κ1) is 16.3. The fourth-order valence-electron chi connectivity index (χ4n) is 1.95. The van der Waals surface area contributed by atoms with Gasteiger partial charge in [-0.3, -0.25) is 4.79 Å². The maximum absolute atomic E-state index is 12.4. The summed E-state index contributed by atoms with van der Waals surface area (Å²) in [6.07, 6.45) is 6.16. The van der Waals surface area contributed by atoms with Crippen LogP contribution in [0.1, 0.15) is 19.3 Å². The lowest BCUT2D eigenvalue weighted by atomic mass is 9.91. The Balaban J connectivity index is 2.92. The van der Waals surface area contributed by atoms with Crippen LogP contribution in [0.5, 0.6) is 0 Å². The number of hydrogen-bond donors (Lipinski definition) is 1. The summed E-state index contributed by atoms with van der Waals surface area (Å²) in [6, 6.07) is 0. The second-order valence-corrected chi connectivity index (χ2v) is 5.18. The zero-order valence-electron chi connectivity index (χ0n) is 11.2. The highest BCUT2D eigenvalue weighted by Crippen LogP contribution is 2.31. The van der Waals surface area contributed by atoms with Crippen molar-refractivity contribution >= 4 is 21.7 Å². The molecule has 0 fully saturated rings. The molecule has 0 bridgehead atoms. The Hall–Kier alpha value is -0.750.